The summed E-state index contributed by atoms with van der Waals surface area (Å²) in [6, 6.07) is 17.0. The Labute approximate surface area is 159 Å². The van der Waals surface area contributed by atoms with E-state index >= 15 is 0 Å². The number of carbonyl (C=O) groups excluding carboxylic acids is 1. The van der Waals surface area contributed by atoms with Gasteiger partial charge >= 0.3 is 0 Å². The minimum Gasteiger partial charge on any atom is -0.339 e. The van der Waals surface area contributed by atoms with Gasteiger partial charge in [-0.15, -0.1) is 11.8 Å². The predicted octanol–water partition coefficient (Wildman–Crippen LogP) is 3.96. The number of nitrogens with zero attached hydrogens (tertiary/aromatic N) is 2. The largest absolute Gasteiger partial charge is 0.339 e. The van der Waals surface area contributed by atoms with Gasteiger partial charge in [0, 0.05) is 38.0 Å². The SMILES string of the molecule is CC(SCC(=O)N1CCN(Cc2ccccc2)CC1)c1ccc(F)cc1. The summed E-state index contributed by atoms with van der Waals surface area (Å²) >= 11 is 1.61. The summed E-state index contributed by atoms with van der Waals surface area (Å²) in [6.45, 7) is 6.41. The maximum Gasteiger partial charge on any atom is 0.232 e. The van der Waals surface area contributed by atoms with Crippen molar-refractivity contribution in [2.24, 2.45) is 0 Å². The molecule has 1 heterocycles. The average molecular weight is 373 g/mol. The van der Waals surface area contributed by atoms with Gasteiger partial charge in [-0.05, 0) is 30.2 Å². The van der Waals surface area contributed by atoms with Gasteiger partial charge in [-0.25, -0.2) is 4.39 Å². The summed E-state index contributed by atoms with van der Waals surface area (Å²) in [4.78, 5) is 16.8. The summed E-state index contributed by atoms with van der Waals surface area (Å²) in [7, 11) is 0. The molecule has 26 heavy (non-hydrogen) atoms. The zero-order valence-electron chi connectivity index (χ0n) is 15.1. The summed E-state index contributed by atoms with van der Waals surface area (Å²) < 4.78 is 13.0. The Balaban J connectivity index is 1.41. The number of rotatable bonds is 6. The van der Waals surface area contributed by atoms with E-state index in [2.05, 4.69) is 36.1 Å². The molecule has 3 rings (SSSR count). The van der Waals surface area contributed by atoms with Crippen LogP contribution >= 0.6 is 11.8 Å². The van der Waals surface area contributed by atoms with Crippen LogP contribution in [0.5, 0.6) is 0 Å². The smallest absolute Gasteiger partial charge is 0.232 e. The highest BCUT2D eigenvalue weighted by atomic mass is 32.2. The molecule has 0 aliphatic carbocycles. The van der Waals surface area contributed by atoms with E-state index < -0.39 is 0 Å². The van der Waals surface area contributed by atoms with Gasteiger partial charge < -0.3 is 4.90 Å². The fourth-order valence-electron chi connectivity index (χ4n) is 3.11. The standard InChI is InChI=1S/C21H25FN2OS/c1-17(19-7-9-20(22)10-8-19)26-16-21(25)24-13-11-23(12-14-24)15-18-5-3-2-4-6-18/h2-10,17H,11-16H2,1H3. The molecule has 5 heteroatoms. The maximum atomic E-state index is 13.0. The minimum absolute atomic E-state index is 0.180. The Morgan fingerprint density at radius 3 is 2.35 bits per heavy atom. The number of carbonyl (C=O) groups is 1. The second-order valence-electron chi connectivity index (χ2n) is 6.65. The lowest BCUT2D eigenvalue weighted by Crippen LogP contribution is -2.48. The van der Waals surface area contributed by atoms with Crippen molar-refractivity contribution in [3.63, 3.8) is 0 Å². The molecule has 0 bridgehead atoms. The molecule has 138 valence electrons. The van der Waals surface area contributed by atoms with Crippen LogP contribution in [0.4, 0.5) is 4.39 Å². The van der Waals surface area contributed by atoms with Crippen LogP contribution < -0.4 is 0 Å². The molecule has 2 aromatic carbocycles. The molecule has 1 fully saturated rings. The molecule has 1 amide bonds. The van der Waals surface area contributed by atoms with Crippen molar-refractivity contribution < 1.29 is 9.18 Å². The van der Waals surface area contributed by atoms with E-state index in [1.807, 2.05) is 11.0 Å². The topological polar surface area (TPSA) is 23.6 Å². The molecule has 1 unspecified atom stereocenters. The molecule has 0 aromatic heterocycles. The van der Waals surface area contributed by atoms with Crippen LogP contribution in [0.25, 0.3) is 0 Å². The van der Waals surface area contributed by atoms with Gasteiger partial charge in [-0.2, -0.15) is 0 Å². The summed E-state index contributed by atoms with van der Waals surface area (Å²) in [6.07, 6.45) is 0. The van der Waals surface area contributed by atoms with Gasteiger partial charge in [-0.3, -0.25) is 9.69 Å². The highest BCUT2D eigenvalue weighted by Crippen LogP contribution is 2.28. The molecular weight excluding hydrogens is 347 g/mol. The van der Waals surface area contributed by atoms with Crippen molar-refractivity contribution in [1.82, 2.24) is 9.80 Å². The third kappa shape index (κ3) is 5.32. The number of piperazine rings is 1. The van der Waals surface area contributed by atoms with Crippen LogP contribution in [-0.2, 0) is 11.3 Å². The second kappa shape index (κ2) is 9.19. The molecule has 1 aliphatic heterocycles. The van der Waals surface area contributed by atoms with Gasteiger partial charge in [0.2, 0.25) is 5.91 Å². The number of thioether (sulfide) groups is 1. The van der Waals surface area contributed by atoms with Crippen LogP contribution in [0.3, 0.4) is 0 Å². The maximum absolute atomic E-state index is 13.0. The van der Waals surface area contributed by atoms with Crippen LogP contribution in [-0.4, -0.2) is 47.6 Å². The predicted molar refractivity (Wildman–Crippen MR) is 106 cm³/mol. The van der Waals surface area contributed by atoms with Crippen molar-refractivity contribution in [2.75, 3.05) is 31.9 Å². The molecule has 1 saturated heterocycles. The second-order valence-corrected chi connectivity index (χ2v) is 7.98. The molecule has 2 aromatic rings. The molecule has 0 radical (unpaired) electrons. The monoisotopic (exact) mass is 372 g/mol. The van der Waals surface area contributed by atoms with Crippen molar-refractivity contribution in [2.45, 2.75) is 18.7 Å². The van der Waals surface area contributed by atoms with Crippen molar-refractivity contribution >= 4 is 17.7 Å². The Morgan fingerprint density at radius 1 is 1.04 bits per heavy atom. The quantitative estimate of drug-likeness (QED) is 0.767. The van der Waals surface area contributed by atoms with Gasteiger partial charge in [-0.1, -0.05) is 42.5 Å². The first-order valence-corrected chi connectivity index (χ1v) is 10.1. The van der Waals surface area contributed by atoms with Crippen molar-refractivity contribution in [3.05, 3.63) is 71.5 Å². The fourth-order valence-corrected chi connectivity index (χ4v) is 4.04. The van der Waals surface area contributed by atoms with Gasteiger partial charge in [0.05, 0.1) is 5.75 Å². The fraction of sp³-hybridized carbons (Fsp3) is 0.381. The molecule has 3 nitrogen and oxygen atoms in total. The van der Waals surface area contributed by atoms with Crippen molar-refractivity contribution in [1.29, 1.82) is 0 Å². The van der Waals surface area contributed by atoms with Crippen LogP contribution in [0.1, 0.15) is 23.3 Å². The van der Waals surface area contributed by atoms with Gasteiger partial charge in [0.25, 0.3) is 0 Å². The highest BCUT2D eigenvalue weighted by Gasteiger charge is 2.21. The van der Waals surface area contributed by atoms with E-state index in [4.69, 9.17) is 0 Å². The van der Waals surface area contributed by atoms with Gasteiger partial charge in [0.1, 0.15) is 5.82 Å². The first-order valence-electron chi connectivity index (χ1n) is 9.03. The Kier molecular flexibility index (Phi) is 6.69. The molecule has 0 N–H and O–H groups in total. The van der Waals surface area contributed by atoms with Crippen molar-refractivity contribution in [3.8, 4) is 0 Å². The van der Waals surface area contributed by atoms with E-state index in [9.17, 15) is 9.18 Å². The Hall–Kier alpha value is -1.85. The van der Waals surface area contributed by atoms with Crippen LogP contribution in [0.15, 0.2) is 54.6 Å². The van der Waals surface area contributed by atoms with E-state index in [1.54, 1.807) is 23.9 Å². The Morgan fingerprint density at radius 2 is 1.69 bits per heavy atom. The number of hydrogen-bond acceptors (Lipinski definition) is 3. The first-order chi connectivity index (χ1) is 12.6. The number of benzene rings is 2. The summed E-state index contributed by atoms with van der Waals surface area (Å²) in [5.74, 6) is 0.441. The zero-order valence-corrected chi connectivity index (χ0v) is 15.9. The zero-order chi connectivity index (χ0) is 18.4. The molecular formula is C21H25FN2OS. The third-order valence-electron chi connectivity index (χ3n) is 4.77. The third-order valence-corrected chi connectivity index (χ3v) is 5.96. The lowest BCUT2D eigenvalue weighted by molar-refractivity contribution is -0.130. The lowest BCUT2D eigenvalue weighted by atomic mass is 10.2. The molecule has 1 aliphatic rings. The van der Waals surface area contributed by atoms with E-state index in [1.165, 1.54) is 17.7 Å². The molecule has 0 spiro atoms. The van der Waals surface area contributed by atoms with Crippen LogP contribution in [0.2, 0.25) is 0 Å². The van der Waals surface area contributed by atoms with E-state index in [0.717, 1.165) is 38.3 Å². The number of hydrogen-bond donors (Lipinski definition) is 0. The molecule has 0 saturated carbocycles. The highest BCUT2D eigenvalue weighted by molar-refractivity contribution is 8.00. The van der Waals surface area contributed by atoms with Crippen LogP contribution in [0, 0.1) is 5.82 Å². The number of amides is 1. The van der Waals surface area contributed by atoms with E-state index in [0.29, 0.717) is 5.75 Å². The number of halogens is 1. The lowest BCUT2D eigenvalue weighted by Gasteiger charge is -2.35. The van der Waals surface area contributed by atoms with E-state index in [-0.39, 0.29) is 17.0 Å². The summed E-state index contributed by atoms with van der Waals surface area (Å²) in [5, 5.41) is 0.180. The minimum atomic E-state index is -0.226. The Bertz CT molecular complexity index is 700. The van der Waals surface area contributed by atoms with Gasteiger partial charge in [0.15, 0.2) is 0 Å². The summed E-state index contributed by atoms with van der Waals surface area (Å²) in [5.41, 5.74) is 2.37. The average Bonchev–Trinajstić information content (AvgIpc) is 2.68. The first kappa shape index (κ1) is 18.9. The molecule has 1 atom stereocenters. The normalized spacial score (nSPS) is 16.5.